The Hall–Kier alpha value is -1.03. The number of amides is 1. The number of nitrogens with one attached hydrogen (secondary N) is 2. The summed E-state index contributed by atoms with van der Waals surface area (Å²) in [4.78, 5) is 12.0. The van der Waals surface area contributed by atoms with Crippen LogP contribution in [0.15, 0.2) is 6.20 Å². The molecule has 1 rings (SSSR count). The molecule has 0 aliphatic carbocycles. The van der Waals surface area contributed by atoms with Gasteiger partial charge in [0.05, 0.1) is 11.8 Å². The molecule has 0 saturated heterocycles. The van der Waals surface area contributed by atoms with E-state index in [4.69, 9.17) is 11.6 Å². The second kappa shape index (κ2) is 5.34. The smallest absolute Gasteiger partial charge is 0.255 e. The van der Waals surface area contributed by atoms with Crippen molar-refractivity contribution in [1.82, 2.24) is 15.5 Å². The van der Waals surface area contributed by atoms with E-state index in [2.05, 4.69) is 15.5 Å². The Morgan fingerprint density at radius 2 is 2.38 bits per heavy atom. The molecule has 90 valence electrons. The summed E-state index contributed by atoms with van der Waals surface area (Å²) in [5, 5.41) is 9.58. The molecular weight excluding hydrogens is 226 g/mol. The van der Waals surface area contributed by atoms with Crippen molar-refractivity contribution >= 4 is 17.5 Å². The highest BCUT2D eigenvalue weighted by molar-refractivity contribution is 6.17. The first kappa shape index (κ1) is 13.0. The Morgan fingerprint density at radius 1 is 1.69 bits per heavy atom. The summed E-state index contributed by atoms with van der Waals surface area (Å²) in [5.74, 6) is 0.440. The summed E-state index contributed by atoms with van der Waals surface area (Å²) >= 11 is 5.73. The van der Waals surface area contributed by atoms with E-state index in [1.54, 1.807) is 6.20 Å². The van der Waals surface area contributed by atoms with Gasteiger partial charge in [0.15, 0.2) is 0 Å². The van der Waals surface area contributed by atoms with Gasteiger partial charge in [-0.1, -0.05) is 6.92 Å². The normalized spacial score (nSPS) is 14.5. The van der Waals surface area contributed by atoms with Gasteiger partial charge in [-0.2, -0.15) is 5.10 Å². The molecule has 1 aromatic heterocycles. The van der Waals surface area contributed by atoms with Crippen LogP contribution in [0.5, 0.6) is 0 Å². The van der Waals surface area contributed by atoms with E-state index in [1.807, 2.05) is 20.8 Å². The first-order valence-corrected chi connectivity index (χ1v) is 5.94. The molecule has 0 saturated carbocycles. The van der Waals surface area contributed by atoms with Crippen molar-refractivity contribution < 1.29 is 4.79 Å². The van der Waals surface area contributed by atoms with Crippen molar-refractivity contribution in [3.05, 3.63) is 17.5 Å². The molecule has 1 amide bonds. The molecular formula is C11H18ClN3O. The largest absolute Gasteiger partial charge is 0.347 e. The molecule has 4 nitrogen and oxygen atoms in total. The van der Waals surface area contributed by atoms with E-state index in [9.17, 15) is 4.79 Å². The molecule has 0 aromatic carbocycles. The third kappa shape index (κ3) is 2.98. The highest BCUT2D eigenvalue weighted by Crippen LogP contribution is 2.16. The summed E-state index contributed by atoms with van der Waals surface area (Å²) in [7, 11) is 0. The molecule has 0 radical (unpaired) electrons. The maximum absolute atomic E-state index is 12.0. The van der Waals surface area contributed by atoms with Crippen molar-refractivity contribution in [3.8, 4) is 0 Å². The number of nitrogens with zero attached hydrogens (tertiary/aromatic N) is 1. The van der Waals surface area contributed by atoms with Gasteiger partial charge in [-0.05, 0) is 26.7 Å². The number of hydrogen-bond acceptors (Lipinski definition) is 2. The molecule has 0 aliphatic heterocycles. The second-order valence-corrected chi connectivity index (χ2v) is 4.59. The third-order valence-corrected chi connectivity index (χ3v) is 3.11. The van der Waals surface area contributed by atoms with Crippen LogP contribution in [0.4, 0.5) is 0 Å². The van der Waals surface area contributed by atoms with E-state index in [0.29, 0.717) is 11.4 Å². The fourth-order valence-corrected chi connectivity index (χ4v) is 1.87. The first-order chi connectivity index (χ1) is 7.52. The van der Waals surface area contributed by atoms with Crippen molar-refractivity contribution in [3.63, 3.8) is 0 Å². The van der Waals surface area contributed by atoms with Crippen LogP contribution in [0, 0.1) is 6.92 Å². The van der Waals surface area contributed by atoms with Crippen LogP contribution in [-0.4, -0.2) is 27.5 Å². The van der Waals surface area contributed by atoms with E-state index in [1.165, 1.54) is 0 Å². The quantitative estimate of drug-likeness (QED) is 0.780. The van der Waals surface area contributed by atoms with Gasteiger partial charge in [0.2, 0.25) is 0 Å². The standard InChI is InChI=1S/C11H18ClN3O/c1-4-11(3,5-6-12)14-10(16)9-7-13-15-8(9)2/h7H,4-6H2,1-3H3,(H,13,15)(H,14,16). The topological polar surface area (TPSA) is 57.8 Å². The zero-order valence-corrected chi connectivity index (χ0v) is 10.7. The summed E-state index contributed by atoms with van der Waals surface area (Å²) in [5.41, 5.74) is 1.12. The summed E-state index contributed by atoms with van der Waals surface area (Å²) in [6.07, 6.45) is 3.15. The van der Waals surface area contributed by atoms with Crippen LogP contribution >= 0.6 is 11.6 Å². The molecule has 1 heterocycles. The van der Waals surface area contributed by atoms with E-state index >= 15 is 0 Å². The number of aromatic amines is 1. The molecule has 2 N–H and O–H groups in total. The van der Waals surface area contributed by atoms with Gasteiger partial charge >= 0.3 is 0 Å². The summed E-state index contributed by atoms with van der Waals surface area (Å²) in [6, 6.07) is 0. The predicted molar refractivity (Wildman–Crippen MR) is 64.8 cm³/mol. The predicted octanol–water partition coefficient (Wildman–Crippen LogP) is 2.25. The van der Waals surface area contributed by atoms with E-state index < -0.39 is 0 Å². The van der Waals surface area contributed by atoms with Crippen LogP contribution in [0.1, 0.15) is 42.7 Å². The number of aryl methyl sites for hydroxylation is 1. The number of hydrogen-bond donors (Lipinski definition) is 2. The molecule has 0 bridgehead atoms. The molecule has 0 fully saturated rings. The van der Waals surface area contributed by atoms with E-state index in [0.717, 1.165) is 18.5 Å². The van der Waals surface area contributed by atoms with Crippen LogP contribution < -0.4 is 5.32 Å². The maximum Gasteiger partial charge on any atom is 0.255 e. The Bertz CT molecular complexity index is 364. The number of H-pyrrole nitrogens is 1. The number of carbonyl (C=O) groups excluding carboxylic acids is 1. The first-order valence-electron chi connectivity index (χ1n) is 5.41. The van der Waals surface area contributed by atoms with Crippen LogP contribution in [0.3, 0.4) is 0 Å². The SMILES string of the molecule is CCC(C)(CCCl)NC(=O)c1cn[nH]c1C. The molecule has 0 spiro atoms. The molecule has 16 heavy (non-hydrogen) atoms. The Morgan fingerprint density at radius 3 is 2.81 bits per heavy atom. The molecule has 1 atom stereocenters. The minimum Gasteiger partial charge on any atom is -0.347 e. The number of aromatic nitrogens is 2. The van der Waals surface area contributed by atoms with Gasteiger partial charge < -0.3 is 5.32 Å². The van der Waals surface area contributed by atoms with Crippen LogP contribution in [0.25, 0.3) is 0 Å². The summed E-state index contributed by atoms with van der Waals surface area (Å²) in [6.45, 7) is 5.87. The van der Waals surface area contributed by atoms with Crippen molar-refractivity contribution in [2.75, 3.05) is 5.88 Å². The average Bonchev–Trinajstić information content (AvgIpc) is 2.65. The highest BCUT2D eigenvalue weighted by Gasteiger charge is 2.25. The number of carbonyl (C=O) groups is 1. The monoisotopic (exact) mass is 243 g/mol. The number of halogens is 1. The van der Waals surface area contributed by atoms with Gasteiger partial charge in [0.1, 0.15) is 0 Å². The van der Waals surface area contributed by atoms with Crippen molar-refractivity contribution in [2.45, 2.75) is 39.2 Å². The van der Waals surface area contributed by atoms with Gasteiger partial charge in [-0.15, -0.1) is 11.6 Å². The number of rotatable bonds is 5. The van der Waals surface area contributed by atoms with Gasteiger partial charge in [0.25, 0.3) is 5.91 Å². The highest BCUT2D eigenvalue weighted by atomic mass is 35.5. The van der Waals surface area contributed by atoms with Crippen LogP contribution in [0.2, 0.25) is 0 Å². The van der Waals surface area contributed by atoms with Gasteiger partial charge in [-0.3, -0.25) is 9.89 Å². The lowest BCUT2D eigenvalue weighted by Gasteiger charge is -2.28. The lowest BCUT2D eigenvalue weighted by molar-refractivity contribution is 0.0901. The fraction of sp³-hybridized carbons (Fsp3) is 0.636. The summed E-state index contributed by atoms with van der Waals surface area (Å²) < 4.78 is 0. The minimum absolute atomic E-state index is 0.0966. The Kier molecular flexibility index (Phi) is 4.35. The Labute approximate surface area is 101 Å². The average molecular weight is 244 g/mol. The molecule has 1 aromatic rings. The van der Waals surface area contributed by atoms with Crippen LogP contribution in [-0.2, 0) is 0 Å². The number of alkyl halides is 1. The fourth-order valence-electron chi connectivity index (χ4n) is 1.46. The third-order valence-electron chi connectivity index (χ3n) is 2.92. The lowest BCUT2D eigenvalue weighted by atomic mass is 9.95. The van der Waals surface area contributed by atoms with E-state index in [-0.39, 0.29) is 11.4 Å². The zero-order valence-electron chi connectivity index (χ0n) is 9.93. The molecule has 5 heteroatoms. The molecule has 0 aliphatic rings. The van der Waals surface area contributed by atoms with Crippen molar-refractivity contribution in [2.24, 2.45) is 0 Å². The zero-order chi connectivity index (χ0) is 12.2. The van der Waals surface area contributed by atoms with Gasteiger partial charge in [-0.25, -0.2) is 0 Å². The van der Waals surface area contributed by atoms with Crippen molar-refractivity contribution in [1.29, 1.82) is 0 Å². The van der Waals surface area contributed by atoms with Gasteiger partial charge in [0, 0.05) is 17.1 Å². The maximum atomic E-state index is 12.0. The molecule has 1 unspecified atom stereocenters. The minimum atomic E-state index is -0.247. The Balaban J connectivity index is 2.73. The lowest BCUT2D eigenvalue weighted by Crippen LogP contribution is -2.45. The second-order valence-electron chi connectivity index (χ2n) is 4.22.